The fraction of sp³-hybridized carbons (Fsp3) is 0.462. The Morgan fingerprint density at radius 1 is 0.971 bits per heavy atom. The second kappa shape index (κ2) is 12.6. The van der Waals surface area contributed by atoms with Crippen molar-refractivity contribution < 1.29 is 18.0 Å². The van der Waals surface area contributed by atoms with Crippen molar-refractivity contribution in [2.24, 2.45) is 0 Å². The van der Waals surface area contributed by atoms with Crippen LogP contribution < -0.4 is 9.62 Å². The summed E-state index contributed by atoms with van der Waals surface area (Å²) in [5.41, 5.74) is 2.35. The Balaban J connectivity index is 2.34. The number of carbonyl (C=O) groups excluding carboxylic acids is 2. The van der Waals surface area contributed by atoms with E-state index >= 15 is 0 Å². The van der Waals surface area contributed by atoms with Crippen molar-refractivity contribution >= 4 is 27.5 Å². The van der Waals surface area contributed by atoms with Crippen molar-refractivity contribution in [2.75, 3.05) is 23.7 Å². The third kappa shape index (κ3) is 7.58. The lowest BCUT2D eigenvalue weighted by atomic mass is 10.1. The molecular formula is C26H37N3O4S. The largest absolute Gasteiger partial charge is 0.352 e. The number of amides is 2. The first-order chi connectivity index (χ1) is 16.1. The molecule has 186 valence electrons. The summed E-state index contributed by atoms with van der Waals surface area (Å²) in [6, 6.07) is 16.1. The van der Waals surface area contributed by atoms with Gasteiger partial charge in [0, 0.05) is 12.6 Å². The molecule has 0 spiro atoms. The maximum Gasteiger partial charge on any atom is 0.244 e. The molecule has 0 aliphatic rings. The summed E-state index contributed by atoms with van der Waals surface area (Å²) in [4.78, 5) is 27.9. The van der Waals surface area contributed by atoms with Crippen LogP contribution in [0.4, 0.5) is 5.69 Å². The maximum atomic E-state index is 13.5. The summed E-state index contributed by atoms with van der Waals surface area (Å²) >= 11 is 0. The van der Waals surface area contributed by atoms with Gasteiger partial charge in [0.15, 0.2) is 0 Å². The Bertz CT molecular complexity index is 1060. The first-order valence-corrected chi connectivity index (χ1v) is 13.6. The van der Waals surface area contributed by atoms with E-state index in [2.05, 4.69) is 5.32 Å². The van der Waals surface area contributed by atoms with Gasteiger partial charge in [-0.25, -0.2) is 8.42 Å². The maximum absolute atomic E-state index is 13.5. The van der Waals surface area contributed by atoms with Crippen LogP contribution in [0, 0.1) is 0 Å². The summed E-state index contributed by atoms with van der Waals surface area (Å²) in [6.45, 7) is 7.44. The molecule has 2 amide bonds. The molecule has 2 aromatic rings. The Hall–Kier alpha value is -2.87. The molecule has 2 rings (SSSR count). The number of para-hydroxylation sites is 1. The van der Waals surface area contributed by atoms with E-state index in [-0.39, 0.29) is 18.5 Å². The molecule has 7 nitrogen and oxygen atoms in total. The molecule has 0 fully saturated rings. The van der Waals surface area contributed by atoms with Crippen LogP contribution in [0.2, 0.25) is 0 Å². The molecule has 0 unspecified atom stereocenters. The Labute approximate surface area is 204 Å². The van der Waals surface area contributed by atoms with Crippen LogP contribution in [0.5, 0.6) is 0 Å². The van der Waals surface area contributed by atoms with Crippen molar-refractivity contribution in [3.8, 4) is 0 Å². The van der Waals surface area contributed by atoms with E-state index in [1.165, 1.54) is 4.90 Å². The summed E-state index contributed by atoms with van der Waals surface area (Å²) < 4.78 is 26.5. The highest BCUT2D eigenvalue weighted by Gasteiger charge is 2.30. The number of nitrogens with one attached hydrogen (secondary N) is 1. The highest BCUT2D eigenvalue weighted by atomic mass is 32.2. The number of hydrogen-bond donors (Lipinski definition) is 1. The van der Waals surface area contributed by atoms with Crippen LogP contribution in [0.3, 0.4) is 0 Å². The van der Waals surface area contributed by atoms with Crippen molar-refractivity contribution in [3.63, 3.8) is 0 Å². The zero-order valence-electron chi connectivity index (χ0n) is 20.8. The molecule has 0 saturated carbocycles. The van der Waals surface area contributed by atoms with E-state index in [0.717, 1.165) is 28.1 Å². The minimum atomic E-state index is -3.73. The molecule has 8 heteroatoms. The number of carbonyl (C=O) groups is 2. The Morgan fingerprint density at radius 3 is 2.18 bits per heavy atom. The number of benzene rings is 2. The molecule has 2 atom stereocenters. The van der Waals surface area contributed by atoms with Crippen LogP contribution >= 0.6 is 0 Å². The second-order valence-electron chi connectivity index (χ2n) is 8.57. The quantitative estimate of drug-likeness (QED) is 0.497. The molecule has 0 bridgehead atoms. The molecule has 0 radical (unpaired) electrons. The zero-order valence-corrected chi connectivity index (χ0v) is 21.6. The lowest BCUT2D eigenvalue weighted by molar-refractivity contribution is -0.139. The SMILES string of the molecule is CCc1ccccc1N(CC(=O)N(CCc1ccccc1)[C@H](C)C(=O)N[C@H](C)CC)S(C)(=O)=O. The van der Waals surface area contributed by atoms with Gasteiger partial charge in [0.2, 0.25) is 21.8 Å². The molecule has 2 aromatic carbocycles. The fourth-order valence-electron chi connectivity index (χ4n) is 3.68. The van der Waals surface area contributed by atoms with Gasteiger partial charge in [-0.3, -0.25) is 13.9 Å². The van der Waals surface area contributed by atoms with Crippen molar-refractivity contribution in [1.82, 2.24) is 10.2 Å². The van der Waals surface area contributed by atoms with Gasteiger partial charge in [-0.2, -0.15) is 0 Å². The molecule has 1 N–H and O–H groups in total. The topological polar surface area (TPSA) is 86.8 Å². The van der Waals surface area contributed by atoms with E-state index in [9.17, 15) is 18.0 Å². The van der Waals surface area contributed by atoms with Gasteiger partial charge < -0.3 is 10.2 Å². The molecule has 0 aliphatic heterocycles. The molecule has 34 heavy (non-hydrogen) atoms. The van der Waals surface area contributed by atoms with Crippen molar-refractivity contribution in [3.05, 3.63) is 65.7 Å². The van der Waals surface area contributed by atoms with Gasteiger partial charge in [0.25, 0.3) is 0 Å². The smallest absolute Gasteiger partial charge is 0.244 e. The summed E-state index contributed by atoms with van der Waals surface area (Å²) in [5.74, 6) is -0.672. The predicted molar refractivity (Wildman–Crippen MR) is 137 cm³/mol. The summed E-state index contributed by atoms with van der Waals surface area (Å²) in [7, 11) is -3.73. The first-order valence-electron chi connectivity index (χ1n) is 11.8. The number of anilines is 1. The molecule has 0 saturated heterocycles. The van der Waals surface area contributed by atoms with Crippen LogP contribution in [0.25, 0.3) is 0 Å². The van der Waals surface area contributed by atoms with E-state index in [0.29, 0.717) is 25.1 Å². The lowest BCUT2D eigenvalue weighted by Gasteiger charge is -2.32. The van der Waals surface area contributed by atoms with Gasteiger partial charge in [0.1, 0.15) is 12.6 Å². The molecule has 0 aromatic heterocycles. The summed E-state index contributed by atoms with van der Waals surface area (Å²) in [5, 5.41) is 2.93. The molecular weight excluding hydrogens is 450 g/mol. The molecule has 0 heterocycles. The van der Waals surface area contributed by atoms with Gasteiger partial charge in [-0.1, -0.05) is 62.4 Å². The third-order valence-corrected chi connectivity index (χ3v) is 7.10. The standard InChI is InChI=1S/C26H37N3O4S/c1-6-20(3)27-26(31)21(4)28(18-17-22-13-9-8-10-14-22)25(30)19-29(34(5,32)33)24-16-12-11-15-23(24)7-2/h8-16,20-21H,6-7,17-19H2,1-5H3,(H,27,31)/t20-,21-/m1/s1. The van der Waals surface area contributed by atoms with Crippen LogP contribution in [0.1, 0.15) is 45.2 Å². The fourth-order valence-corrected chi connectivity index (χ4v) is 4.56. The number of aryl methyl sites for hydroxylation is 1. The van der Waals surface area contributed by atoms with E-state index in [1.54, 1.807) is 19.1 Å². The third-order valence-electron chi connectivity index (χ3n) is 5.97. The minimum Gasteiger partial charge on any atom is -0.352 e. The number of hydrogen-bond acceptors (Lipinski definition) is 4. The number of sulfonamides is 1. The average molecular weight is 488 g/mol. The van der Waals surface area contributed by atoms with Crippen molar-refractivity contribution in [2.45, 2.75) is 59.0 Å². The van der Waals surface area contributed by atoms with Crippen molar-refractivity contribution in [1.29, 1.82) is 0 Å². The average Bonchev–Trinajstić information content (AvgIpc) is 2.82. The van der Waals surface area contributed by atoms with Crippen LogP contribution in [0.15, 0.2) is 54.6 Å². The second-order valence-corrected chi connectivity index (χ2v) is 10.5. The van der Waals surface area contributed by atoms with Crippen LogP contribution in [-0.4, -0.2) is 56.6 Å². The van der Waals surface area contributed by atoms with Crippen LogP contribution in [-0.2, 0) is 32.5 Å². The normalized spacial score (nSPS) is 13.1. The zero-order chi connectivity index (χ0) is 25.3. The minimum absolute atomic E-state index is 0.0232. The van der Waals surface area contributed by atoms with E-state index < -0.39 is 22.0 Å². The Kier molecular flexibility index (Phi) is 10.1. The Morgan fingerprint density at radius 2 is 1.59 bits per heavy atom. The van der Waals surface area contributed by atoms with Gasteiger partial charge in [-0.05, 0) is 50.3 Å². The van der Waals surface area contributed by atoms with Gasteiger partial charge in [0.05, 0.1) is 11.9 Å². The number of rotatable bonds is 12. The first kappa shape index (κ1) is 27.4. The molecule has 0 aliphatic carbocycles. The summed E-state index contributed by atoms with van der Waals surface area (Å²) in [6.07, 6.45) is 3.05. The van der Waals surface area contributed by atoms with Gasteiger partial charge in [-0.15, -0.1) is 0 Å². The predicted octanol–water partition coefficient (Wildman–Crippen LogP) is 3.39. The number of nitrogens with zero attached hydrogens (tertiary/aromatic N) is 2. The monoisotopic (exact) mass is 487 g/mol. The van der Waals surface area contributed by atoms with Gasteiger partial charge >= 0.3 is 0 Å². The lowest BCUT2D eigenvalue weighted by Crippen LogP contribution is -2.53. The van der Waals surface area contributed by atoms with E-state index in [4.69, 9.17) is 0 Å². The highest BCUT2D eigenvalue weighted by Crippen LogP contribution is 2.24. The van der Waals surface area contributed by atoms with E-state index in [1.807, 2.05) is 63.2 Å². The highest BCUT2D eigenvalue weighted by molar-refractivity contribution is 7.92.